The molecule has 0 unspecified atom stereocenters. The zero-order valence-corrected chi connectivity index (χ0v) is 30.1. The van der Waals surface area contributed by atoms with E-state index in [2.05, 4.69) is 20.4 Å². The van der Waals surface area contributed by atoms with Crippen LogP contribution in [0.1, 0.15) is 40.2 Å². The van der Waals surface area contributed by atoms with Gasteiger partial charge in [0.25, 0.3) is 17.4 Å². The Morgan fingerprint density at radius 3 is 2.38 bits per heavy atom. The van der Waals surface area contributed by atoms with Gasteiger partial charge in [0.15, 0.2) is 12.2 Å². The molecular formula is C36H37ClF3N9O4. The number of benzene rings is 2. The zero-order valence-electron chi connectivity index (χ0n) is 29.4. The third-order valence-corrected chi connectivity index (χ3v) is 9.03. The van der Waals surface area contributed by atoms with E-state index in [0.29, 0.717) is 59.8 Å². The van der Waals surface area contributed by atoms with Crippen molar-refractivity contribution in [3.8, 4) is 22.8 Å². The van der Waals surface area contributed by atoms with Gasteiger partial charge in [0.05, 0.1) is 49.5 Å². The van der Waals surface area contributed by atoms with Gasteiger partial charge in [-0.1, -0.05) is 23.4 Å². The van der Waals surface area contributed by atoms with E-state index in [1.807, 2.05) is 27.1 Å². The third-order valence-electron chi connectivity index (χ3n) is 9.03. The zero-order chi connectivity index (χ0) is 37.4. The van der Waals surface area contributed by atoms with Gasteiger partial charge in [-0.25, -0.2) is 14.2 Å². The smallest absolute Gasteiger partial charge is 0.416 e. The fraction of sp³-hybridized carbons (Fsp3) is 0.333. The summed E-state index contributed by atoms with van der Waals surface area (Å²) in [7, 11) is 5.36. The van der Waals surface area contributed by atoms with Gasteiger partial charge < -0.3 is 31.6 Å². The van der Waals surface area contributed by atoms with Crippen LogP contribution in [-0.2, 0) is 24.6 Å². The minimum Gasteiger partial charge on any atom is -1.00 e. The number of hydrogen-bond acceptors (Lipinski definition) is 6. The molecule has 0 atom stereocenters. The lowest BCUT2D eigenvalue weighted by Gasteiger charge is -2.35. The van der Waals surface area contributed by atoms with Crippen LogP contribution in [0.5, 0.6) is 0 Å². The van der Waals surface area contributed by atoms with Crippen LogP contribution in [0.3, 0.4) is 0 Å². The summed E-state index contributed by atoms with van der Waals surface area (Å²) < 4.78 is 50.5. The molecule has 4 heterocycles. The van der Waals surface area contributed by atoms with Crippen molar-refractivity contribution in [1.29, 1.82) is 0 Å². The summed E-state index contributed by atoms with van der Waals surface area (Å²) in [6, 6.07) is 13.9. The highest BCUT2D eigenvalue weighted by atomic mass is 35.5. The molecule has 3 aromatic heterocycles. The summed E-state index contributed by atoms with van der Waals surface area (Å²) in [6.45, 7) is 10.6. The van der Waals surface area contributed by atoms with E-state index in [0.717, 1.165) is 22.5 Å². The lowest BCUT2D eigenvalue weighted by molar-refractivity contribution is -0.896. The molecule has 53 heavy (non-hydrogen) atoms. The Morgan fingerprint density at radius 1 is 1.06 bits per heavy atom. The first-order valence-corrected chi connectivity index (χ1v) is 16.5. The number of likely N-dealkylation sites (tertiary alicyclic amines) is 1. The predicted molar refractivity (Wildman–Crippen MR) is 184 cm³/mol. The average molecular weight is 752 g/mol. The quantitative estimate of drug-likeness (QED) is 0.181. The molecule has 278 valence electrons. The first kappa shape index (κ1) is 38.6. The van der Waals surface area contributed by atoms with Crippen molar-refractivity contribution in [2.45, 2.75) is 38.5 Å². The maximum Gasteiger partial charge on any atom is 0.416 e. The van der Waals surface area contributed by atoms with Crippen molar-refractivity contribution in [3.05, 3.63) is 111 Å². The van der Waals surface area contributed by atoms with E-state index in [1.165, 1.54) is 34.7 Å². The van der Waals surface area contributed by atoms with E-state index < -0.39 is 23.2 Å². The Hall–Kier alpha value is -5.66. The number of aromatic nitrogens is 5. The highest BCUT2D eigenvalue weighted by Crippen LogP contribution is 2.32. The normalized spacial score (nSPS) is 13.7. The summed E-state index contributed by atoms with van der Waals surface area (Å²) in [4.78, 5) is 46.7. The van der Waals surface area contributed by atoms with Crippen molar-refractivity contribution < 1.29 is 44.2 Å². The Morgan fingerprint density at radius 2 is 1.75 bits per heavy atom. The second-order valence-corrected chi connectivity index (χ2v) is 13.5. The number of piperidine rings is 1. The number of carbonyl (C=O) groups is 2. The maximum atomic E-state index is 14.2. The van der Waals surface area contributed by atoms with E-state index in [9.17, 15) is 27.6 Å². The minimum absolute atomic E-state index is 0. The molecular weight excluding hydrogens is 715 g/mol. The molecule has 5 aromatic rings. The summed E-state index contributed by atoms with van der Waals surface area (Å²) in [6.07, 6.45) is -2.32. The maximum absolute atomic E-state index is 14.2. The number of alkyl halides is 3. The fourth-order valence-electron chi connectivity index (χ4n) is 6.55. The Bertz CT molecular complexity index is 2220. The van der Waals surface area contributed by atoms with Gasteiger partial charge in [-0.3, -0.25) is 19.1 Å². The van der Waals surface area contributed by atoms with Crippen molar-refractivity contribution in [3.63, 3.8) is 0 Å². The van der Waals surface area contributed by atoms with E-state index in [-0.39, 0.29) is 47.8 Å². The van der Waals surface area contributed by atoms with Gasteiger partial charge >= 0.3 is 6.18 Å². The summed E-state index contributed by atoms with van der Waals surface area (Å²) in [5, 5.41) is 11.4. The third kappa shape index (κ3) is 8.21. The highest BCUT2D eigenvalue weighted by Gasteiger charge is 2.34. The molecule has 0 spiro atoms. The second kappa shape index (κ2) is 15.1. The van der Waals surface area contributed by atoms with Gasteiger partial charge in [0.2, 0.25) is 0 Å². The number of aryl methyl sites for hydroxylation is 1. The number of halogens is 4. The second-order valence-electron chi connectivity index (χ2n) is 13.5. The van der Waals surface area contributed by atoms with Crippen molar-refractivity contribution in [2.24, 2.45) is 7.05 Å². The molecule has 1 aliphatic heterocycles. The van der Waals surface area contributed by atoms with Crippen molar-refractivity contribution in [2.75, 3.05) is 33.7 Å². The van der Waals surface area contributed by atoms with Crippen molar-refractivity contribution in [1.82, 2.24) is 34.5 Å². The van der Waals surface area contributed by atoms with Crippen LogP contribution in [0.15, 0.2) is 76.2 Å². The molecule has 0 radical (unpaired) electrons. The molecule has 0 bridgehead atoms. The number of quaternary nitrogens is 1. The number of hydrogen-bond donors (Lipinski definition) is 1. The van der Waals surface area contributed by atoms with Crippen LogP contribution < -0.4 is 23.3 Å². The van der Waals surface area contributed by atoms with Crippen LogP contribution >= 0.6 is 0 Å². The molecule has 1 N–H and O–H groups in total. The SMILES string of the molecule is [C-]#[N+]c1ccc(-n2nccc2-c2c(C(=O)NC3CCN(C(=O)C[N+](C)(C)Cc4cc(C)on4)CC3)c(=O)n(-c3cccc(C(F)(F)F)c3)n2C)cc1.[Cl-]. The molecule has 17 heteroatoms. The van der Waals surface area contributed by atoms with Crippen LogP contribution in [0.4, 0.5) is 18.9 Å². The molecule has 1 saturated heterocycles. The Balaban J connectivity index is 0.00000541. The Kier molecular flexibility index (Phi) is 11.0. The summed E-state index contributed by atoms with van der Waals surface area (Å²) in [5.74, 6) is -0.0505. The van der Waals surface area contributed by atoms with Gasteiger partial charge in [-0.2, -0.15) is 18.3 Å². The van der Waals surface area contributed by atoms with Crippen LogP contribution in [0, 0.1) is 13.5 Å². The standard InChI is InChI=1S/C36H36F3N9O4.ClH/c1-23-19-27(43-52-23)21-48(4,5)22-31(49)45-17-14-26(15-18-45)42-34(50)32-33(30-13-16-41-46(30)28-11-9-25(40-2)10-12-28)44(3)47(35(32)51)29-8-6-7-24(20-29)36(37,38)39;/h6-13,16,19-20,26H,14-15,17-18,21-22H2,1,3-5H3;1H. The predicted octanol–water partition coefficient (Wildman–Crippen LogP) is 1.90. The van der Waals surface area contributed by atoms with Gasteiger partial charge in [0, 0.05) is 32.2 Å². The van der Waals surface area contributed by atoms with E-state index in [1.54, 1.807) is 35.2 Å². The lowest BCUT2D eigenvalue weighted by Crippen LogP contribution is -3.00. The van der Waals surface area contributed by atoms with Gasteiger partial charge in [-0.05, 0) is 56.2 Å². The molecule has 1 fully saturated rings. The average Bonchev–Trinajstić information content (AvgIpc) is 3.81. The monoisotopic (exact) mass is 751 g/mol. The van der Waals surface area contributed by atoms with E-state index >= 15 is 0 Å². The number of rotatable bonds is 9. The highest BCUT2D eigenvalue weighted by molar-refractivity contribution is 6.00. The summed E-state index contributed by atoms with van der Waals surface area (Å²) in [5.41, 5.74) is 0.0141. The molecule has 2 amide bonds. The number of nitrogens with zero attached hydrogens (tertiary/aromatic N) is 8. The van der Waals surface area contributed by atoms with E-state index in [4.69, 9.17) is 11.1 Å². The van der Waals surface area contributed by atoms with Crippen LogP contribution in [0.2, 0.25) is 0 Å². The molecule has 0 saturated carbocycles. The largest absolute Gasteiger partial charge is 1.00 e. The summed E-state index contributed by atoms with van der Waals surface area (Å²) >= 11 is 0. The number of amides is 2. The van der Waals surface area contributed by atoms with Gasteiger partial charge in [0.1, 0.15) is 29.3 Å². The van der Waals surface area contributed by atoms with Crippen LogP contribution in [0.25, 0.3) is 27.6 Å². The van der Waals surface area contributed by atoms with Gasteiger partial charge in [-0.15, -0.1) is 0 Å². The lowest BCUT2D eigenvalue weighted by atomic mass is 10.0. The minimum atomic E-state index is -4.66. The molecule has 2 aromatic carbocycles. The topological polar surface area (TPSA) is 125 Å². The first-order chi connectivity index (χ1) is 24.6. The Labute approximate surface area is 309 Å². The van der Waals surface area contributed by atoms with Crippen molar-refractivity contribution >= 4 is 17.5 Å². The molecule has 1 aliphatic rings. The number of nitrogens with one attached hydrogen (secondary N) is 1. The van der Waals surface area contributed by atoms with Crippen LogP contribution in [-0.4, -0.2) is 85.3 Å². The fourth-order valence-corrected chi connectivity index (χ4v) is 6.55. The molecule has 6 rings (SSSR count). The molecule has 13 nitrogen and oxygen atoms in total. The molecule has 0 aliphatic carbocycles. The number of likely N-dealkylation sites (N-methyl/N-ethyl adjacent to an activating group) is 1. The number of carbonyl (C=O) groups excluding carboxylic acids is 2. The first-order valence-electron chi connectivity index (χ1n) is 16.5.